The van der Waals surface area contributed by atoms with Gasteiger partial charge in [-0.1, -0.05) is 25.1 Å². The Bertz CT molecular complexity index is 930. The first kappa shape index (κ1) is 16.6. The van der Waals surface area contributed by atoms with E-state index in [0.717, 1.165) is 6.42 Å². The predicted octanol–water partition coefficient (Wildman–Crippen LogP) is 2.65. The summed E-state index contributed by atoms with van der Waals surface area (Å²) < 4.78 is 2.96. The van der Waals surface area contributed by atoms with Crippen LogP contribution in [0.15, 0.2) is 59.5 Å². The molecule has 0 aliphatic rings. The summed E-state index contributed by atoms with van der Waals surface area (Å²) in [5.74, 6) is 0.202. The maximum absolute atomic E-state index is 12.5. The average Bonchev–Trinajstić information content (AvgIpc) is 3.10. The van der Waals surface area contributed by atoms with Crippen molar-refractivity contribution in [2.45, 2.75) is 26.3 Å². The van der Waals surface area contributed by atoms with Gasteiger partial charge in [-0.15, -0.1) is 0 Å². The fraction of sp³-hybridized carbons (Fsp3) is 0.222. The van der Waals surface area contributed by atoms with Crippen LogP contribution in [-0.4, -0.2) is 25.5 Å². The molecule has 1 atom stereocenters. The molecule has 0 bridgehead atoms. The lowest BCUT2D eigenvalue weighted by Gasteiger charge is -2.14. The molecule has 128 valence electrons. The molecule has 3 rings (SSSR count). The Morgan fingerprint density at radius 2 is 1.92 bits per heavy atom. The van der Waals surface area contributed by atoms with Gasteiger partial charge in [0.2, 0.25) is 0 Å². The van der Waals surface area contributed by atoms with Gasteiger partial charge in [0.15, 0.2) is 0 Å². The Balaban J connectivity index is 1.89. The van der Waals surface area contributed by atoms with E-state index < -0.39 is 5.91 Å². The van der Waals surface area contributed by atoms with E-state index in [1.54, 1.807) is 41.2 Å². The standard InChI is InChI=1S/C18H19N5O2/c1-3-13(2)22-16(11-12-19-22)20-18(25)15-9-10-17(24)23(21-15)14-7-5-4-6-8-14/h4-13H,3H2,1-2H3,(H,20,25). The molecule has 0 aliphatic carbocycles. The fourth-order valence-electron chi connectivity index (χ4n) is 2.40. The smallest absolute Gasteiger partial charge is 0.277 e. The summed E-state index contributed by atoms with van der Waals surface area (Å²) in [7, 11) is 0. The minimum absolute atomic E-state index is 0.153. The lowest BCUT2D eigenvalue weighted by atomic mass is 10.3. The lowest BCUT2D eigenvalue weighted by molar-refractivity contribution is 0.101. The molecular formula is C18H19N5O2. The molecule has 1 amide bonds. The molecule has 25 heavy (non-hydrogen) atoms. The highest BCUT2D eigenvalue weighted by molar-refractivity contribution is 6.02. The van der Waals surface area contributed by atoms with Gasteiger partial charge >= 0.3 is 0 Å². The van der Waals surface area contributed by atoms with E-state index >= 15 is 0 Å². The van der Waals surface area contributed by atoms with Crippen LogP contribution in [0.25, 0.3) is 5.69 Å². The molecule has 2 aromatic heterocycles. The molecule has 7 nitrogen and oxygen atoms in total. The largest absolute Gasteiger partial charge is 0.305 e. The van der Waals surface area contributed by atoms with Crippen LogP contribution in [0, 0.1) is 0 Å². The quantitative estimate of drug-likeness (QED) is 0.776. The van der Waals surface area contributed by atoms with E-state index in [4.69, 9.17) is 0 Å². The zero-order chi connectivity index (χ0) is 17.8. The average molecular weight is 337 g/mol. The monoisotopic (exact) mass is 337 g/mol. The molecule has 2 heterocycles. The van der Waals surface area contributed by atoms with Gasteiger partial charge in [-0.05, 0) is 31.5 Å². The Kier molecular flexibility index (Phi) is 4.74. The van der Waals surface area contributed by atoms with Crippen LogP contribution in [0.4, 0.5) is 5.82 Å². The molecule has 0 spiro atoms. The van der Waals surface area contributed by atoms with Crippen molar-refractivity contribution in [3.8, 4) is 5.69 Å². The molecule has 0 radical (unpaired) electrons. The maximum Gasteiger partial charge on any atom is 0.277 e. The molecule has 0 saturated carbocycles. The van der Waals surface area contributed by atoms with E-state index in [1.165, 1.54) is 16.8 Å². The number of amides is 1. The second kappa shape index (κ2) is 7.12. The van der Waals surface area contributed by atoms with Crippen molar-refractivity contribution in [2.75, 3.05) is 5.32 Å². The number of carbonyl (C=O) groups is 1. The van der Waals surface area contributed by atoms with E-state index in [-0.39, 0.29) is 17.3 Å². The summed E-state index contributed by atoms with van der Waals surface area (Å²) in [6.45, 7) is 4.08. The highest BCUT2D eigenvalue weighted by Gasteiger charge is 2.15. The number of hydrogen-bond acceptors (Lipinski definition) is 4. The highest BCUT2D eigenvalue weighted by Crippen LogP contribution is 2.17. The number of hydrogen-bond donors (Lipinski definition) is 1. The molecule has 0 aliphatic heterocycles. The van der Waals surface area contributed by atoms with Crippen molar-refractivity contribution < 1.29 is 4.79 Å². The number of anilines is 1. The number of rotatable bonds is 5. The Morgan fingerprint density at radius 1 is 1.16 bits per heavy atom. The van der Waals surface area contributed by atoms with E-state index in [1.807, 2.05) is 13.0 Å². The van der Waals surface area contributed by atoms with Crippen LogP contribution in [0.3, 0.4) is 0 Å². The van der Waals surface area contributed by atoms with E-state index in [2.05, 4.69) is 22.4 Å². The molecule has 0 saturated heterocycles. The van der Waals surface area contributed by atoms with Gasteiger partial charge in [-0.25, -0.2) is 4.68 Å². The summed E-state index contributed by atoms with van der Waals surface area (Å²) >= 11 is 0. The van der Waals surface area contributed by atoms with Crippen molar-refractivity contribution in [3.05, 3.63) is 70.8 Å². The normalized spacial score (nSPS) is 11.9. The van der Waals surface area contributed by atoms with Crippen molar-refractivity contribution in [1.82, 2.24) is 19.6 Å². The van der Waals surface area contributed by atoms with Gasteiger partial charge in [0.1, 0.15) is 11.5 Å². The Hall–Kier alpha value is -3.22. The lowest BCUT2D eigenvalue weighted by Crippen LogP contribution is -2.25. The second-order valence-electron chi connectivity index (χ2n) is 5.68. The number of nitrogens with one attached hydrogen (secondary N) is 1. The van der Waals surface area contributed by atoms with Crippen molar-refractivity contribution in [2.24, 2.45) is 0 Å². The minimum Gasteiger partial charge on any atom is -0.305 e. The van der Waals surface area contributed by atoms with Crippen LogP contribution in [0.1, 0.15) is 36.8 Å². The Morgan fingerprint density at radius 3 is 2.64 bits per heavy atom. The summed E-state index contributed by atoms with van der Waals surface area (Å²) in [5.41, 5.74) is 0.458. The molecule has 1 unspecified atom stereocenters. The van der Waals surface area contributed by atoms with Crippen LogP contribution >= 0.6 is 0 Å². The first-order valence-corrected chi connectivity index (χ1v) is 8.11. The number of para-hydroxylation sites is 1. The van der Waals surface area contributed by atoms with Gasteiger partial charge in [0, 0.05) is 12.1 Å². The number of benzene rings is 1. The van der Waals surface area contributed by atoms with Gasteiger partial charge in [-0.2, -0.15) is 14.9 Å². The molecular weight excluding hydrogens is 318 g/mol. The van der Waals surface area contributed by atoms with Crippen molar-refractivity contribution in [1.29, 1.82) is 0 Å². The first-order chi connectivity index (χ1) is 12.1. The minimum atomic E-state index is -0.394. The van der Waals surface area contributed by atoms with Crippen LogP contribution in [0.2, 0.25) is 0 Å². The van der Waals surface area contributed by atoms with Crippen molar-refractivity contribution >= 4 is 11.7 Å². The third kappa shape index (κ3) is 3.50. The summed E-state index contributed by atoms with van der Waals surface area (Å²) in [4.78, 5) is 24.6. The van der Waals surface area contributed by atoms with E-state index in [9.17, 15) is 9.59 Å². The zero-order valence-electron chi connectivity index (χ0n) is 14.1. The molecule has 1 N–H and O–H groups in total. The fourth-order valence-corrected chi connectivity index (χ4v) is 2.40. The SMILES string of the molecule is CCC(C)n1nccc1NC(=O)c1ccc(=O)n(-c2ccccc2)n1. The number of aromatic nitrogens is 4. The van der Waals surface area contributed by atoms with Gasteiger partial charge < -0.3 is 5.32 Å². The molecule has 3 aromatic rings. The predicted molar refractivity (Wildman–Crippen MR) is 95.0 cm³/mol. The third-order valence-corrected chi connectivity index (χ3v) is 3.95. The summed E-state index contributed by atoms with van der Waals surface area (Å²) in [6, 6.07) is 13.6. The molecule has 7 heteroatoms. The topological polar surface area (TPSA) is 81.8 Å². The summed E-state index contributed by atoms with van der Waals surface area (Å²) in [5, 5.41) is 11.2. The van der Waals surface area contributed by atoms with Gasteiger partial charge in [0.25, 0.3) is 11.5 Å². The van der Waals surface area contributed by atoms with Crippen LogP contribution in [-0.2, 0) is 0 Å². The number of carbonyl (C=O) groups excluding carboxylic acids is 1. The zero-order valence-corrected chi connectivity index (χ0v) is 14.1. The van der Waals surface area contributed by atoms with E-state index in [0.29, 0.717) is 11.5 Å². The van der Waals surface area contributed by atoms with Crippen LogP contribution in [0.5, 0.6) is 0 Å². The van der Waals surface area contributed by atoms with Crippen LogP contribution < -0.4 is 10.9 Å². The maximum atomic E-state index is 12.5. The molecule has 0 fully saturated rings. The van der Waals surface area contributed by atoms with Crippen molar-refractivity contribution in [3.63, 3.8) is 0 Å². The second-order valence-corrected chi connectivity index (χ2v) is 5.68. The highest BCUT2D eigenvalue weighted by atomic mass is 16.2. The molecule has 1 aromatic carbocycles. The van der Waals surface area contributed by atoms with Gasteiger partial charge in [-0.3, -0.25) is 9.59 Å². The number of nitrogens with zero attached hydrogens (tertiary/aromatic N) is 4. The van der Waals surface area contributed by atoms with Gasteiger partial charge in [0.05, 0.1) is 17.9 Å². The first-order valence-electron chi connectivity index (χ1n) is 8.11. The summed E-state index contributed by atoms with van der Waals surface area (Å²) in [6.07, 6.45) is 2.53. The third-order valence-electron chi connectivity index (χ3n) is 3.95. The Labute approximate surface area is 144 Å².